The van der Waals surface area contributed by atoms with E-state index < -0.39 is 23.9 Å². The molecule has 0 bridgehead atoms. The van der Waals surface area contributed by atoms with E-state index in [9.17, 15) is 19.2 Å². The lowest BCUT2D eigenvalue weighted by Gasteiger charge is -2.16. The van der Waals surface area contributed by atoms with E-state index in [1.165, 1.54) is 0 Å². The van der Waals surface area contributed by atoms with Crippen molar-refractivity contribution in [2.45, 2.75) is 13.5 Å². The SMILES string of the molecule is C=CC(=O)OCc1cc(C#Cc2ccc(OC(=O)C=C)cc2)c(C)c(OC(=O)C=C)c1C=CCOc1ccc(OC(=O)C=C)cc1. The Morgan fingerprint density at radius 2 is 1.22 bits per heavy atom. The molecular weight excluding hydrogens is 588 g/mol. The third kappa shape index (κ3) is 10.1. The molecule has 0 aromatic heterocycles. The maximum atomic E-state index is 12.4. The molecule has 3 aromatic carbocycles. The van der Waals surface area contributed by atoms with Gasteiger partial charge in [-0.3, -0.25) is 0 Å². The second-order valence-electron chi connectivity index (χ2n) is 9.10. The van der Waals surface area contributed by atoms with Crippen molar-refractivity contribution < 1.29 is 42.9 Å². The van der Waals surface area contributed by atoms with Gasteiger partial charge in [0.2, 0.25) is 0 Å². The first-order valence-corrected chi connectivity index (χ1v) is 13.7. The third-order valence-corrected chi connectivity index (χ3v) is 5.98. The molecule has 0 unspecified atom stereocenters. The summed E-state index contributed by atoms with van der Waals surface area (Å²) in [5, 5.41) is 0. The van der Waals surface area contributed by atoms with E-state index in [0.717, 1.165) is 24.3 Å². The van der Waals surface area contributed by atoms with Gasteiger partial charge in [-0.25, -0.2) is 19.2 Å². The first kappa shape index (κ1) is 34.1. The average molecular weight is 619 g/mol. The quantitative estimate of drug-likeness (QED) is 0.0986. The average Bonchev–Trinajstić information content (AvgIpc) is 3.07. The van der Waals surface area contributed by atoms with Gasteiger partial charge in [0.05, 0.1) is 0 Å². The first-order chi connectivity index (χ1) is 22.2. The van der Waals surface area contributed by atoms with Gasteiger partial charge in [-0.2, -0.15) is 0 Å². The summed E-state index contributed by atoms with van der Waals surface area (Å²) in [6.45, 7) is 15.3. The van der Waals surface area contributed by atoms with E-state index in [1.54, 1.807) is 73.7 Å². The Bertz CT molecular complexity index is 1750. The number of ether oxygens (including phenoxy) is 5. The Morgan fingerprint density at radius 1 is 0.696 bits per heavy atom. The van der Waals surface area contributed by atoms with Crippen molar-refractivity contribution in [3.8, 4) is 34.8 Å². The molecule has 0 fully saturated rings. The summed E-state index contributed by atoms with van der Waals surface area (Å²) in [5.74, 6) is 4.99. The molecule has 3 aromatic rings. The van der Waals surface area contributed by atoms with Crippen molar-refractivity contribution in [1.29, 1.82) is 0 Å². The maximum Gasteiger partial charge on any atom is 0.335 e. The summed E-state index contributed by atoms with van der Waals surface area (Å²) in [5.41, 5.74) is 2.62. The summed E-state index contributed by atoms with van der Waals surface area (Å²) in [6, 6.07) is 14.7. The highest BCUT2D eigenvalue weighted by Crippen LogP contribution is 2.32. The van der Waals surface area contributed by atoms with E-state index in [1.807, 2.05) is 0 Å². The van der Waals surface area contributed by atoms with Gasteiger partial charge in [-0.05, 0) is 67.6 Å². The molecule has 0 aliphatic heterocycles. The number of rotatable bonds is 13. The van der Waals surface area contributed by atoms with E-state index in [0.29, 0.717) is 45.1 Å². The smallest absolute Gasteiger partial charge is 0.335 e. The van der Waals surface area contributed by atoms with Gasteiger partial charge >= 0.3 is 23.9 Å². The summed E-state index contributed by atoms with van der Waals surface area (Å²) in [6.07, 6.45) is 7.56. The standard InChI is InChI=1S/C37H30O9/c1-6-33(38)43-24-28-23-27(15-12-26-13-16-30(17-14-26)44-34(39)7-2)25(5)37(46-36(41)9-4)32(28)11-10-22-42-29-18-20-31(21-19-29)45-35(40)8-3/h6-11,13-14,16-21,23H,1-4,22,24H2,5H3. The van der Waals surface area contributed by atoms with Crippen molar-refractivity contribution in [1.82, 2.24) is 0 Å². The summed E-state index contributed by atoms with van der Waals surface area (Å²) in [4.78, 5) is 47.1. The van der Waals surface area contributed by atoms with Crippen LogP contribution in [0.25, 0.3) is 6.08 Å². The molecule has 0 spiro atoms. The van der Waals surface area contributed by atoms with Crippen LogP contribution in [-0.2, 0) is 30.5 Å². The minimum atomic E-state index is -0.699. The summed E-state index contributed by atoms with van der Waals surface area (Å²) >= 11 is 0. The van der Waals surface area contributed by atoms with Crippen LogP contribution in [0.5, 0.6) is 23.0 Å². The predicted molar refractivity (Wildman–Crippen MR) is 172 cm³/mol. The number of benzene rings is 3. The normalized spacial score (nSPS) is 10.0. The van der Waals surface area contributed by atoms with Gasteiger partial charge < -0.3 is 23.7 Å². The lowest BCUT2D eigenvalue weighted by Crippen LogP contribution is -2.10. The molecule has 9 heteroatoms. The molecule has 232 valence electrons. The van der Waals surface area contributed by atoms with Crippen LogP contribution in [0.3, 0.4) is 0 Å². The van der Waals surface area contributed by atoms with E-state index in [2.05, 4.69) is 38.2 Å². The molecule has 0 saturated carbocycles. The molecule has 0 saturated heterocycles. The molecular formula is C37H30O9. The highest BCUT2D eigenvalue weighted by atomic mass is 16.5. The lowest BCUT2D eigenvalue weighted by atomic mass is 9.97. The van der Waals surface area contributed by atoms with Crippen molar-refractivity contribution in [3.63, 3.8) is 0 Å². The van der Waals surface area contributed by atoms with E-state index >= 15 is 0 Å². The third-order valence-electron chi connectivity index (χ3n) is 5.98. The lowest BCUT2D eigenvalue weighted by molar-refractivity contribution is -0.139. The zero-order valence-electron chi connectivity index (χ0n) is 25.1. The zero-order valence-corrected chi connectivity index (χ0v) is 25.1. The largest absolute Gasteiger partial charge is 0.490 e. The van der Waals surface area contributed by atoms with Gasteiger partial charge in [0, 0.05) is 52.1 Å². The number of hydrogen-bond donors (Lipinski definition) is 0. The maximum absolute atomic E-state index is 12.4. The van der Waals surface area contributed by atoms with Gasteiger partial charge in [-0.15, -0.1) is 0 Å². The number of carbonyl (C=O) groups excluding carboxylic acids is 4. The molecule has 0 radical (unpaired) electrons. The van der Waals surface area contributed by atoms with Gasteiger partial charge in [-0.1, -0.05) is 44.2 Å². The molecule has 0 amide bonds. The second-order valence-corrected chi connectivity index (χ2v) is 9.10. The molecule has 0 heterocycles. The van der Waals surface area contributed by atoms with Crippen LogP contribution in [0.1, 0.15) is 27.8 Å². The molecule has 0 aliphatic carbocycles. The second kappa shape index (κ2) is 17.0. The van der Waals surface area contributed by atoms with Crippen LogP contribution in [0.4, 0.5) is 0 Å². The summed E-state index contributed by atoms with van der Waals surface area (Å²) in [7, 11) is 0. The number of hydrogen-bond acceptors (Lipinski definition) is 9. The minimum absolute atomic E-state index is 0.116. The van der Waals surface area contributed by atoms with E-state index in [4.69, 9.17) is 23.7 Å². The zero-order chi connectivity index (χ0) is 33.5. The Morgan fingerprint density at radius 3 is 1.78 bits per heavy atom. The van der Waals surface area contributed by atoms with Gasteiger partial charge in [0.25, 0.3) is 0 Å². The van der Waals surface area contributed by atoms with Crippen molar-refractivity contribution >= 4 is 30.0 Å². The van der Waals surface area contributed by atoms with Gasteiger partial charge in [0.1, 0.15) is 36.2 Å². The van der Waals surface area contributed by atoms with Crippen LogP contribution in [0.2, 0.25) is 0 Å². The van der Waals surface area contributed by atoms with E-state index in [-0.39, 0.29) is 19.0 Å². The van der Waals surface area contributed by atoms with Crippen molar-refractivity contribution in [3.05, 3.63) is 139 Å². The molecule has 9 nitrogen and oxygen atoms in total. The van der Waals surface area contributed by atoms with Crippen LogP contribution < -0.4 is 18.9 Å². The summed E-state index contributed by atoms with van der Waals surface area (Å²) < 4.78 is 26.9. The van der Waals surface area contributed by atoms with Crippen molar-refractivity contribution in [2.24, 2.45) is 0 Å². The Balaban J connectivity index is 1.95. The van der Waals surface area contributed by atoms with Crippen LogP contribution in [-0.4, -0.2) is 30.5 Å². The highest BCUT2D eigenvalue weighted by molar-refractivity contribution is 5.86. The molecule has 0 atom stereocenters. The number of esters is 4. The first-order valence-electron chi connectivity index (χ1n) is 13.7. The highest BCUT2D eigenvalue weighted by Gasteiger charge is 2.18. The van der Waals surface area contributed by atoms with Crippen molar-refractivity contribution in [2.75, 3.05) is 6.61 Å². The fraction of sp³-hybridized carbons (Fsp3) is 0.0811. The molecule has 0 aliphatic rings. The van der Waals surface area contributed by atoms with Gasteiger partial charge in [0.15, 0.2) is 0 Å². The Hall–Kier alpha value is -6.40. The number of carbonyl (C=O) groups is 4. The van der Waals surface area contributed by atoms with Crippen LogP contribution >= 0.6 is 0 Å². The Kier molecular flexibility index (Phi) is 12.6. The van der Waals surface area contributed by atoms with Crippen LogP contribution in [0, 0.1) is 18.8 Å². The molecule has 3 rings (SSSR count). The fourth-order valence-electron chi connectivity index (χ4n) is 3.72. The monoisotopic (exact) mass is 618 g/mol. The fourth-order valence-corrected chi connectivity index (χ4v) is 3.72. The molecule has 46 heavy (non-hydrogen) atoms. The Labute approximate surface area is 266 Å². The predicted octanol–water partition coefficient (Wildman–Crippen LogP) is 5.99. The topological polar surface area (TPSA) is 114 Å². The molecule has 0 N–H and O–H groups in total. The minimum Gasteiger partial charge on any atom is -0.490 e. The van der Waals surface area contributed by atoms with Crippen LogP contribution in [0.15, 0.2) is 111 Å².